The molecule has 0 aliphatic rings. The summed E-state index contributed by atoms with van der Waals surface area (Å²) < 4.78 is 0.995. The Kier molecular flexibility index (Phi) is 5.11. The van der Waals surface area contributed by atoms with Crippen LogP contribution in [0.5, 0.6) is 0 Å². The minimum absolute atomic E-state index is 0.397. The van der Waals surface area contributed by atoms with Crippen molar-refractivity contribution in [1.82, 2.24) is 0 Å². The fourth-order valence-electron chi connectivity index (χ4n) is 1.63. The van der Waals surface area contributed by atoms with Gasteiger partial charge >= 0.3 is 0 Å². The molecule has 1 aromatic rings. The number of hydrogen-bond acceptors (Lipinski definition) is 1. The molecule has 2 heteroatoms. The van der Waals surface area contributed by atoms with Crippen molar-refractivity contribution in [3.8, 4) is 0 Å². The second kappa shape index (κ2) is 6.37. The molecule has 19 heavy (non-hydrogen) atoms. The normalized spacial score (nSPS) is 14.7. The van der Waals surface area contributed by atoms with Crippen molar-refractivity contribution in [2.45, 2.75) is 40.2 Å². The standard InChI is InChI=1S/C17H23NO/c1-14(12-16-9-7-6-8-10-16)11-15(2)13-18(19)17(3,4)5/h6-13H,1-5H3/b14-12+,15-11+,18-13-. The summed E-state index contributed by atoms with van der Waals surface area (Å²) in [5, 5.41) is 11.8. The minimum Gasteiger partial charge on any atom is -0.623 e. The van der Waals surface area contributed by atoms with Gasteiger partial charge in [0.15, 0.2) is 11.8 Å². The molecular formula is C17H23NO. The molecule has 0 fully saturated rings. The molecule has 0 bridgehead atoms. The van der Waals surface area contributed by atoms with Gasteiger partial charge in [-0.1, -0.05) is 48.1 Å². The van der Waals surface area contributed by atoms with Crippen LogP contribution in [0.25, 0.3) is 6.08 Å². The lowest BCUT2D eigenvalue weighted by atomic mass is 10.1. The predicted molar refractivity (Wildman–Crippen MR) is 83.3 cm³/mol. The Morgan fingerprint density at radius 3 is 2.16 bits per heavy atom. The highest BCUT2D eigenvalue weighted by Crippen LogP contribution is 2.10. The van der Waals surface area contributed by atoms with Crippen molar-refractivity contribution in [1.29, 1.82) is 0 Å². The molecule has 0 spiro atoms. The molecule has 0 aliphatic heterocycles. The molecule has 0 saturated carbocycles. The zero-order chi connectivity index (χ0) is 14.5. The van der Waals surface area contributed by atoms with E-state index in [1.54, 1.807) is 6.21 Å². The predicted octanol–water partition coefficient (Wildman–Crippen LogP) is 4.42. The third-order valence-electron chi connectivity index (χ3n) is 2.63. The molecule has 0 amide bonds. The van der Waals surface area contributed by atoms with Gasteiger partial charge in [-0.3, -0.25) is 0 Å². The van der Waals surface area contributed by atoms with Crippen LogP contribution in [-0.2, 0) is 0 Å². The summed E-state index contributed by atoms with van der Waals surface area (Å²) >= 11 is 0. The Bertz CT molecular complexity index is 502. The first-order valence-electron chi connectivity index (χ1n) is 6.52. The summed E-state index contributed by atoms with van der Waals surface area (Å²) in [7, 11) is 0. The average Bonchev–Trinajstić information content (AvgIpc) is 2.28. The molecule has 0 unspecified atom stereocenters. The number of nitrogens with zero attached hydrogens (tertiary/aromatic N) is 1. The summed E-state index contributed by atoms with van der Waals surface area (Å²) in [6.45, 7) is 9.68. The largest absolute Gasteiger partial charge is 0.623 e. The maximum atomic E-state index is 11.8. The Hall–Kier alpha value is -1.83. The lowest BCUT2D eigenvalue weighted by Gasteiger charge is -2.18. The maximum absolute atomic E-state index is 11.8. The average molecular weight is 257 g/mol. The van der Waals surface area contributed by atoms with Crippen molar-refractivity contribution >= 4 is 12.3 Å². The van der Waals surface area contributed by atoms with Gasteiger partial charge in [-0.25, -0.2) is 4.74 Å². The maximum Gasteiger partial charge on any atom is 0.177 e. The zero-order valence-electron chi connectivity index (χ0n) is 12.5. The van der Waals surface area contributed by atoms with Crippen molar-refractivity contribution in [3.05, 3.63) is 58.3 Å². The molecule has 0 radical (unpaired) electrons. The number of rotatable bonds is 3. The van der Waals surface area contributed by atoms with Crippen LogP contribution in [0.2, 0.25) is 0 Å². The summed E-state index contributed by atoms with van der Waals surface area (Å²) in [5.74, 6) is 0. The van der Waals surface area contributed by atoms with Crippen molar-refractivity contribution < 1.29 is 4.74 Å². The van der Waals surface area contributed by atoms with Crippen molar-refractivity contribution in [2.24, 2.45) is 0 Å². The lowest BCUT2D eigenvalue weighted by Crippen LogP contribution is -2.29. The summed E-state index contributed by atoms with van der Waals surface area (Å²) in [5.41, 5.74) is 2.85. The lowest BCUT2D eigenvalue weighted by molar-refractivity contribution is -0.530. The third kappa shape index (κ3) is 5.56. The van der Waals surface area contributed by atoms with E-state index in [4.69, 9.17) is 0 Å². The minimum atomic E-state index is -0.397. The van der Waals surface area contributed by atoms with E-state index < -0.39 is 5.54 Å². The fraction of sp³-hybridized carbons (Fsp3) is 0.353. The third-order valence-corrected chi connectivity index (χ3v) is 2.63. The Balaban J connectivity index is 2.88. The zero-order valence-corrected chi connectivity index (χ0v) is 12.5. The number of benzene rings is 1. The quantitative estimate of drug-likeness (QED) is 0.259. The summed E-state index contributed by atoms with van der Waals surface area (Å²) in [6.07, 6.45) is 5.76. The van der Waals surface area contributed by atoms with Gasteiger partial charge in [-0.05, 0) is 19.4 Å². The Morgan fingerprint density at radius 2 is 1.63 bits per heavy atom. The van der Waals surface area contributed by atoms with Crippen LogP contribution in [0.4, 0.5) is 0 Å². The first-order valence-corrected chi connectivity index (χ1v) is 6.52. The van der Waals surface area contributed by atoms with Crippen LogP contribution in [0.3, 0.4) is 0 Å². The van der Waals surface area contributed by atoms with Crippen molar-refractivity contribution in [3.63, 3.8) is 0 Å². The topological polar surface area (TPSA) is 26.1 Å². The van der Waals surface area contributed by atoms with E-state index in [9.17, 15) is 5.21 Å². The van der Waals surface area contributed by atoms with Crippen LogP contribution >= 0.6 is 0 Å². The van der Waals surface area contributed by atoms with E-state index in [2.05, 4.69) is 18.2 Å². The molecule has 1 rings (SSSR count). The highest BCUT2D eigenvalue weighted by molar-refractivity contribution is 5.75. The van der Waals surface area contributed by atoms with E-state index >= 15 is 0 Å². The fourth-order valence-corrected chi connectivity index (χ4v) is 1.63. The van der Waals surface area contributed by atoms with Crippen LogP contribution in [-0.4, -0.2) is 16.5 Å². The molecule has 0 saturated heterocycles. The first-order chi connectivity index (χ1) is 8.79. The van der Waals surface area contributed by atoms with E-state index in [0.29, 0.717) is 0 Å². The molecule has 0 atom stereocenters. The number of allylic oxidation sites excluding steroid dienone is 3. The van der Waals surface area contributed by atoms with Gasteiger partial charge in [-0.15, -0.1) is 0 Å². The molecule has 0 aliphatic carbocycles. The molecule has 102 valence electrons. The van der Waals surface area contributed by atoms with E-state index in [0.717, 1.165) is 15.9 Å². The number of hydroxylamine groups is 1. The van der Waals surface area contributed by atoms with Gasteiger partial charge in [0.2, 0.25) is 0 Å². The van der Waals surface area contributed by atoms with Crippen molar-refractivity contribution in [2.75, 3.05) is 0 Å². The van der Waals surface area contributed by atoms with Gasteiger partial charge in [0, 0.05) is 26.3 Å². The smallest absolute Gasteiger partial charge is 0.177 e. The molecular weight excluding hydrogens is 234 g/mol. The van der Waals surface area contributed by atoms with Gasteiger partial charge in [0.05, 0.1) is 0 Å². The van der Waals surface area contributed by atoms with Crippen LogP contribution in [0.1, 0.15) is 40.2 Å². The van der Waals surface area contributed by atoms with Crippen LogP contribution < -0.4 is 0 Å². The van der Waals surface area contributed by atoms with Gasteiger partial charge in [-0.2, -0.15) is 0 Å². The van der Waals surface area contributed by atoms with E-state index in [1.807, 2.05) is 58.9 Å². The Labute approximate surface area is 116 Å². The van der Waals surface area contributed by atoms with Gasteiger partial charge in [0.1, 0.15) is 0 Å². The molecule has 2 nitrogen and oxygen atoms in total. The molecule has 0 aromatic heterocycles. The van der Waals surface area contributed by atoms with Crippen LogP contribution in [0.15, 0.2) is 47.6 Å². The van der Waals surface area contributed by atoms with E-state index in [1.165, 1.54) is 5.56 Å². The molecule has 0 heterocycles. The second-order valence-corrected chi connectivity index (χ2v) is 5.81. The number of hydrogen-bond donors (Lipinski definition) is 0. The second-order valence-electron chi connectivity index (χ2n) is 5.81. The highest BCUT2D eigenvalue weighted by Gasteiger charge is 2.17. The van der Waals surface area contributed by atoms with Gasteiger partial charge < -0.3 is 5.21 Å². The SMILES string of the molecule is CC(/C=[N+](\[O-])C(C)(C)C)=C\C(C)=C\c1ccccc1. The highest BCUT2D eigenvalue weighted by atomic mass is 16.5. The van der Waals surface area contributed by atoms with E-state index in [-0.39, 0.29) is 0 Å². The summed E-state index contributed by atoms with van der Waals surface area (Å²) in [4.78, 5) is 0. The molecule has 0 N–H and O–H groups in total. The summed E-state index contributed by atoms with van der Waals surface area (Å²) in [6, 6.07) is 10.2. The van der Waals surface area contributed by atoms with Crippen LogP contribution in [0, 0.1) is 5.21 Å². The molecule has 1 aromatic carbocycles. The first kappa shape index (κ1) is 15.2. The Morgan fingerprint density at radius 1 is 1.05 bits per heavy atom. The monoisotopic (exact) mass is 257 g/mol. The van der Waals surface area contributed by atoms with Gasteiger partial charge in [0.25, 0.3) is 0 Å².